The molecule has 1 aliphatic carbocycles. The Morgan fingerprint density at radius 2 is 1.54 bits per heavy atom. The van der Waals surface area contributed by atoms with Crippen LogP contribution in [-0.2, 0) is 0 Å². The monoisotopic (exact) mass is 199 g/mol. The van der Waals surface area contributed by atoms with E-state index in [2.05, 4.69) is 35.6 Å². The van der Waals surface area contributed by atoms with Crippen molar-refractivity contribution in [3.8, 4) is 0 Å². The highest BCUT2D eigenvalue weighted by Crippen LogP contribution is 2.39. The molecule has 1 saturated carbocycles. The maximum Gasteiger partial charge on any atom is -0.0162 e. The third kappa shape index (κ3) is 4.91. The lowest BCUT2D eigenvalue weighted by atomic mass is 10.1. The molecular formula is C11H18ClN. The van der Waals surface area contributed by atoms with E-state index in [1.165, 1.54) is 18.4 Å². The van der Waals surface area contributed by atoms with E-state index < -0.39 is 0 Å². The highest BCUT2D eigenvalue weighted by atomic mass is 35.5. The average molecular weight is 200 g/mol. The summed E-state index contributed by atoms with van der Waals surface area (Å²) in [6, 6.07) is 10.8. The quantitative estimate of drug-likeness (QED) is 0.734. The molecule has 1 nitrogen and oxygen atoms in total. The second-order valence-corrected chi connectivity index (χ2v) is 3.18. The fourth-order valence-corrected chi connectivity index (χ4v) is 1.14. The van der Waals surface area contributed by atoms with Crippen molar-refractivity contribution in [3.05, 3.63) is 35.9 Å². The number of benzene rings is 1. The molecule has 0 bridgehead atoms. The largest absolute Gasteiger partial charge is 0.323 e. The molecule has 1 aromatic carbocycles. The minimum atomic E-state index is 0. The first-order valence-electron chi connectivity index (χ1n) is 4.52. The Morgan fingerprint density at radius 1 is 1.08 bits per heavy atom. The molecule has 2 rings (SSSR count). The molecule has 0 saturated heterocycles. The van der Waals surface area contributed by atoms with Gasteiger partial charge >= 0.3 is 0 Å². The predicted molar refractivity (Wildman–Crippen MR) is 60.6 cm³/mol. The van der Waals surface area contributed by atoms with Crippen LogP contribution in [0.4, 0.5) is 0 Å². The minimum Gasteiger partial charge on any atom is -0.323 e. The van der Waals surface area contributed by atoms with Crippen LogP contribution in [0.3, 0.4) is 0 Å². The van der Waals surface area contributed by atoms with E-state index in [9.17, 15) is 0 Å². The van der Waals surface area contributed by atoms with Crippen LogP contribution in [0.1, 0.15) is 24.3 Å². The molecule has 0 aliphatic heterocycles. The molecule has 0 unspecified atom stereocenters. The highest BCUT2D eigenvalue weighted by Gasteiger charge is 2.22. The van der Waals surface area contributed by atoms with E-state index in [0.29, 0.717) is 0 Å². The summed E-state index contributed by atoms with van der Waals surface area (Å²) in [6.45, 7) is 0. The molecule has 0 radical (unpaired) electrons. The van der Waals surface area contributed by atoms with Crippen LogP contribution in [0, 0.1) is 0 Å². The third-order valence-electron chi connectivity index (χ3n) is 1.85. The van der Waals surface area contributed by atoms with Crippen molar-refractivity contribution < 1.29 is 0 Å². The van der Waals surface area contributed by atoms with Crippen molar-refractivity contribution in [3.63, 3.8) is 0 Å². The van der Waals surface area contributed by atoms with E-state index in [1.54, 1.807) is 0 Å². The Morgan fingerprint density at radius 3 is 1.92 bits per heavy atom. The number of hydrogen-bond donors (Lipinski definition) is 1. The second-order valence-electron chi connectivity index (χ2n) is 3.18. The summed E-state index contributed by atoms with van der Waals surface area (Å²) < 4.78 is 0. The first-order chi connectivity index (χ1) is 5.88. The molecule has 0 atom stereocenters. The predicted octanol–water partition coefficient (Wildman–Crippen LogP) is 2.82. The Kier molecular flexibility index (Phi) is 6.65. The fourth-order valence-electron chi connectivity index (χ4n) is 1.14. The van der Waals surface area contributed by atoms with Crippen LogP contribution in [0.2, 0.25) is 0 Å². The summed E-state index contributed by atoms with van der Waals surface area (Å²) in [4.78, 5) is 0. The van der Waals surface area contributed by atoms with E-state index in [-0.39, 0.29) is 12.4 Å². The van der Waals surface area contributed by atoms with Gasteiger partial charge in [-0.25, -0.2) is 0 Å². The van der Waals surface area contributed by atoms with Crippen LogP contribution >= 0.6 is 12.4 Å². The maximum absolute atomic E-state index is 2.75. The van der Waals surface area contributed by atoms with Gasteiger partial charge in [0.25, 0.3) is 0 Å². The third-order valence-corrected chi connectivity index (χ3v) is 1.85. The summed E-state index contributed by atoms with van der Waals surface area (Å²) in [5.74, 6) is 0.909. The van der Waals surface area contributed by atoms with Gasteiger partial charge in [-0.05, 0) is 38.4 Å². The molecule has 0 spiro atoms. The van der Waals surface area contributed by atoms with E-state index in [1.807, 2.05) is 14.1 Å². The van der Waals surface area contributed by atoms with Crippen LogP contribution in [-0.4, -0.2) is 14.1 Å². The van der Waals surface area contributed by atoms with Crippen molar-refractivity contribution in [2.75, 3.05) is 14.1 Å². The van der Waals surface area contributed by atoms with Gasteiger partial charge in [0.05, 0.1) is 0 Å². The number of hydrogen-bond acceptors (Lipinski definition) is 1. The van der Waals surface area contributed by atoms with Gasteiger partial charge in [0.15, 0.2) is 0 Å². The van der Waals surface area contributed by atoms with Crippen LogP contribution in [0.15, 0.2) is 30.3 Å². The van der Waals surface area contributed by atoms with Crippen LogP contribution in [0.5, 0.6) is 0 Å². The van der Waals surface area contributed by atoms with Crippen LogP contribution in [0.25, 0.3) is 0 Å². The van der Waals surface area contributed by atoms with Gasteiger partial charge in [-0.2, -0.15) is 0 Å². The molecule has 13 heavy (non-hydrogen) atoms. The van der Waals surface area contributed by atoms with Gasteiger partial charge in [0.2, 0.25) is 0 Å². The average Bonchev–Trinajstić information content (AvgIpc) is 2.90. The number of rotatable bonds is 1. The molecule has 1 fully saturated rings. The summed E-state index contributed by atoms with van der Waals surface area (Å²) in [6.07, 6.45) is 2.81. The van der Waals surface area contributed by atoms with E-state index in [4.69, 9.17) is 0 Å². The first kappa shape index (κ1) is 12.5. The van der Waals surface area contributed by atoms with Crippen molar-refractivity contribution in [2.45, 2.75) is 18.8 Å². The molecule has 0 aromatic heterocycles. The lowest BCUT2D eigenvalue weighted by Gasteiger charge is -1.92. The van der Waals surface area contributed by atoms with Crippen molar-refractivity contribution in [1.82, 2.24) is 5.32 Å². The minimum absolute atomic E-state index is 0. The second kappa shape index (κ2) is 6.93. The van der Waals surface area contributed by atoms with Crippen molar-refractivity contribution in [2.24, 2.45) is 0 Å². The molecule has 1 aromatic rings. The fraction of sp³-hybridized carbons (Fsp3) is 0.455. The smallest absolute Gasteiger partial charge is 0.0162 e. The number of halogens is 1. The normalized spacial score (nSPS) is 13.7. The Labute approximate surface area is 87.0 Å². The zero-order valence-electron chi connectivity index (χ0n) is 8.29. The van der Waals surface area contributed by atoms with E-state index >= 15 is 0 Å². The summed E-state index contributed by atoms with van der Waals surface area (Å²) in [7, 11) is 3.75. The van der Waals surface area contributed by atoms with Gasteiger partial charge < -0.3 is 5.32 Å². The molecule has 1 N–H and O–H groups in total. The van der Waals surface area contributed by atoms with Crippen molar-refractivity contribution in [1.29, 1.82) is 0 Å². The first-order valence-corrected chi connectivity index (χ1v) is 4.52. The Bertz CT molecular complexity index is 207. The highest BCUT2D eigenvalue weighted by molar-refractivity contribution is 5.85. The molecule has 0 amide bonds. The molecule has 0 heterocycles. The van der Waals surface area contributed by atoms with Gasteiger partial charge in [-0.15, -0.1) is 12.4 Å². The van der Waals surface area contributed by atoms with E-state index in [0.717, 1.165) is 5.92 Å². The maximum atomic E-state index is 2.75. The van der Waals surface area contributed by atoms with Crippen LogP contribution < -0.4 is 5.32 Å². The molecule has 2 heteroatoms. The zero-order chi connectivity index (χ0) is 8.81. The van der Waals surface area contributed by atoms with Gasteiger partial charge in [0, 0.05) is 0 Å². The van der Waals surface area contributed by atoms with Gasteiger partial charge in [0.1, 0.15) is 0 Å². The molecular weight excluding hydrogens is 182 g/mol. The zero-order valence-corrected chi connectivity index (χ0v) is 9.10. The molecule has 1 aliphatic rings. The summed E-state index contributed by atoms with van der Waals surface area (Å²) >= 11 is 0. The topological polar surface area (TPSA) is 12.0 Å². The standard InChI is InChI=1S/C9H10.C2H7N.ClH/c1-2-4-8(5-3-1)9-6-7-9;1-3-2;/h1-5,9H,6-7H2;3H,1-2H3;1H. The van der Waals surface area contributed by atoms with Gasteiger partial charge in [-0.1, -0.05) is 30.3 Å². The van der Waals surface area contributed by atoms with Crippen molar-refractivity contribution >= 4 is 12.4 Å². The lowest BCUT2D eigenvalue weighted by Crippen LogP contribution is -1.89. The van der Waals surface area contributed by atoms with Gasteiger partial charge in [-0.3, -0.25) is 0 Å². The lowest BCUT2D eigenvalue weighted by molar-refractivity contribution is 1.02. The Balaban J connectivity index is 0.000000324. The molecule has 74 valence electrons. The number of nitrogens with one attached hydrogen (secondary N) is 1. The Hall–Kier alpha value is -0.530. The SMILES string of the molecule is CNC.Cl.c1ccc(C2CC2)cc1. The summed E-state index contributed by atoms with van der Waals surface area (Å²) in [5, 5.41) is 2.75. The summed E-state index contributed by atoms with van der Waals surface area (Å²) in [5.41, 5.74) is 1.53.